The quantitative estimate of drug-likeness (QED) is 0.229. The standard InChI is InChI=1S/C24H16N6O2S2/c31-30(32)17-10-11-20-21(13-17)33-24(26-20)34-23-28-27-22(29(23)16-6-2-1-3-7-16)12-15-14-25-19-9-5-4-8-18(15)19/h1-11,13-14,25H,12H2. The van der Waals surface area contributed by atoms with Crippen LogP contribution in [-0.4, -0.2) is 29.7 Å². The normalized spacial score (nSPS) is 11.4. The predicted octanol–water partition coefficient (Wildman–Crippen LogP) is 6.01. The van der Waals surface area contributed by atoms with E-state index >= 15 is 0 Å². The van der Waals surface area contributed by atoms with Crippen LogP contribution in [0, 0.1) is 10.1 Å². The maximum atomic E-state index is 11.1. The van der Waals surface area contributed by atoms with E-state index in [2.05, 4.69) is 32.3 Å². The Balaban J connectivity index is 1.40. The molecule has 0 atom stereocenters. The highest BCUT2D eigenvalue weighted by Gasteiger charge is 2.19. The lowest BCUT2D eigenvalue weighted by Gasteiger charge is -2.09. The monoisotopic (exact) mass is 484 g/mol. The van der Waals surface area contributed by atoms with E-state index in [9.17, 15) is 10.1 Å². The van der Waals surface area contributed by atoms with Crippen LogP contribution in [0.2, 0.25) is 0 Å². The first-order valence-corrected chi connectivity index (χ1v) is 12.1. The van der Waals surface area contributed by atoms with Crippen LogP contribution in [0.3, 0.4) is 0 Å². The van der Waals surface area contributed by atoms with Gasteiger partial charge in [0.15, 0.2) is 4.34 Å². The van der Waals surface area contributed by atoms with Crippen molar-refractivity contribution in [1.82, 2.24) is 24.7 Å². The minimum absolute atomic E-state index is 0.0566. The van der Waals surface area contributed by atoms with Crippen molar-refractivity contribution >= 4 is 49.9 Å². The SMILES string of the molecule is O=[N+]([O-])c1ccc2nc(Sc3nnc(Cc4c[nH]c5ccccc45)n3-c3ccccc3)sc2c1. The van der Waals surface area contributed by atoms with Crippen molar-refractivity contribution in [3.05, 3.63) is 100 Å². The van der Waals surface area contributed by atoms with Gasteiger partial charge >= 0.3 is 0 Å². The summed E-state index contributed by atoms with van der Waals surface area (Å²) in [7, 11) is 0. The third kappa shape index (κ3) is 3.72. The van der Waals surface area contributed by atoms with Crippen LogP contribution in [0.4, 0.5) is 5.69 Å². The summed E-state index contributed by atoms with van der Waals surface area (Å²) in [5.41, 5.74) is 3.97. The first kappa shape index (κ1) is 20.6. The van der Waals surface area contributed by atoms with Crippen LogP contribution in [0.15, 0.2) is 88.5 Å². The molecule has 8 nitrogen and oxygen atoms in total. The number of para-hydroxylation sites is 2. The van der Waals surface area contributed by atoms with E-state index in [1.54, 1.807) is 12.1 Å². The van der Waals surface area contributed by atoms with Crippen molar-refractivity contribution in [3.63, 3.8) is 0 Å². The molecule has 166 valence electrons. The van der Waals surface area contributed by atoms with E-state index in [1.165, 1.54) is 29.2 Å². The highest BCUT2D eigenvalue weighted by molar-refractivity contribution is 8.01. The third-order valence-corrected chi connectivity index (χ3v) is 7.51. The molecular weight excluding hydrogens is 468 g/mol. The number of nitro benzene ring substituents is 1. The zero-order valence-electron chi connectivity index (χ0n) is 17.6. The fourth-order valence-electron chi connectivity index (χ4n) is 3.89. The van der Waals surface area contributed by atoms with E-state index in [0.717, 1.165) is 42.5 Å². The molecule has 34 heavy (non-hydrogen) atoms. The summed E-state index contributed by atoms with van der Waals surface area (Å²) >= 11 is 2.81. The molecule has 0 saturated heterocycles. The maximum Gasteiger partial charge on any atom is 0.270 e. The van der Waals surface area contributed by atoms with Crippen molar-refractivity contribution in [1.29, 1.82) is 0 Å². The Bertz CT molecular complexity index is 1650. The third-order valence-electron chi connectivity index (χ3n) is 5.48. The van der Waals surface area contributed by atoms with Crippen LogP contribution >= 0.6 is 23.1 Å². The number of aromatic amines is 1. The predicted molar refractivity (Wildman–Crippen MR) is 133 cm³/mol. The summed E-state index contributed by atoms with van der Waals surface area (Å²) in [6.45, 7) is 0. The molecule has 1 N–H and O–H groups in total. The van der Waals surface area contributed by atoms with Gasteiger partial charge in [-0.1, -0.05) is 36.4 Å². The molecule has 3 heterocycles. The largest absolute Gasteiger partial charge is 0.361 e. The summed E-state index contributed by atoms with van der Waals surface area (Å²) < 4.78 is 3.56. The molecule has 6 aromatic rings. The van der Waals surface area contributed by atoms with Crippen LogP contribution in [0.1, 0.15) is 11.4 Å². The summed E-state index contributed by atoms with van der Waals surface area (Å²) in [4.78, 5) is 18.7. The van der Waals surface area contributed by atoms with Gasteiger partial charge in [-0.05, 0) is 41.6 Å². The molecule has 0 unspecified atom stereocenters. The number of nitrogens with zero attached hydrogens (tertiary/aromatic N) is 5. The first-order valence-electron chi connectivity index (χ1n) is 10.4. The van der Waals surface area contributed by atoms with Crippen molar-refractivity contribution in [2.45, 2.75) is 15.9 Å². The molecule has 0 radical (unpaired) electrons. The second-order valence-electron chi connectivity index (χ2n) is 7.60. The molecule has 6 rings (SSSR count). The van der Waals surface area contributed by atoms with Gasteiger partial charge in [0.05, 0.1) is 15.1 Å². The summed E-state index contributed by atoms with van der Waals surface area (Å²) in [5.74, 6) is 0.815. The van der Waals surface area contributed by atoms with Gasteiger partial charge in [-0.2, -0.15) is 0 Å². The van der Waals surface area contributed by atoms with E-state index in [4.69, 9.17) is 0 Å². The Hall–Kier alpha value is -4.02. The Morgan fingerprint density at radius 1 is 1.03 bits per heavy atom. The number of hydrogen-bond donors (Lipinski definition) is 1. The second-order valence-corrected chi connectivity index (χ2v) is 9.84. The summed E-state index contributed by atoms with van der Waals surface area (Å²) in [5, 5.41) is 22.0. The highest BCUT2D eigenvalue weighted by Crippen LogP contribution is 2.36. The van der Waals surface area contributed by atoms with E-state index in [0.29, 0.717) is 11.6 Å². The number of fused-ring (bicyclic) bond motifs is 2. The number of H-pyrrole nitrogens is 1. The fraction of sp³-hybridized carbons (Fsp3) is 0.0417. The smallest absolute Gasteiger partial charge is 0.270 e. The lowest BCUT2D eigenvalue weighted by Crippen LogP contribution is -2.03. The van der Waals surface area contributed by atoms with Gasteiger partial charge < -0.3 is 4.98 Å². The minimum Gasteiger partial charge on any atom is -0.361 e. The maximum absolute atomic E-state index is 11.1. The first-order chi connectivity index (χ1) is 16.7. The molecule has 0 bridgehead atoms. The minimum atomic E-state index is -0.394. The van der Waals surface area contributed by atoms with E-state index in [-0.39, 0.29) is 5.69 Å². The van der Waals surface area contributed by atoms with Crippen molar-refractivity contribution in [2.75, 3.05) is 0 Å². The molecular formula is C24H16N6O2S2. The Morgan fingerprint density at radius 2 is 1.85 bits per heavy atom. The average molecular weight is 485 g/mol. The molecule has 0 saturated carbocycles. The molecule has 3 aromatic carbocycles. The number of thiazole rings is 1. The molecule has 10 heteroatoms. The van der Waals surface area contributed by atoms with Gasteiger partial charge in [0.1, 0.15) is 5.82 Å². The van der Waals surface area contributed by atoms with Gasteiger partial charge in [0.2, 0.25) is 5.16 Å². The average Bonchev–Trinajstić information content (AvgIpc) is 3.56. The number of benzene rings is 3. The molecule has 0 spiro atoms. The molecule has 0 aliphatic heterocycles. The number of aromatic nitrogens is 5. The molecule has 3 aromatic heterocycles. The van der Waals surface area contributed by atoms with Crippen LogP contribution < -0.4 is 0 Å². The number of nitrogens with one attached hydrogen (secondary N) is 1. The lowest BCUT2D eigenvalue weighted by atomic mass is 10.1. The van der Waals surface area contributed by atoms with Crippen molar-refractivity contribution < 1.29 is 4.92 Å². The molecule has 0 aliphatic rings. The van der Waals surface area contributed by atoms with Crippen molar-refractivity contribution in [2.24, 2.45) is 0 Å². The van der Waals surface area contributed by atoms with Gasteiger partial charge in [-0.3, -0.25) is 14.7 Å². The Kier molecular flexibility index (Phi) is 5.08. The number of hydrogen-bond acceptors (Lipinski definition) is 7. The highest BCUT2D eigenvalue weighted by atomic mass is 32.2. The van der Waals surface area contributed by atoms with Crippen molar-refractivity contribution in [3.8, 4) is 5.69 Å². The van der Waals surface area contributed by atoms with Gasteiger partial charge in [-0.25, -0.2) is 4.98 Å². The van der Waals surface area contributed by atoms with E-state index < -0.39 is 4.92 Å². The molecule has 0 aliphatic carbocycles. The van der Waals surface area contributed by atoms with Gasteiger partial charge in [0.25, 0.3) is 5.69 Å². The van der Waals surface area contributed by atoms with Gasteiger partial charge in [-0.15, -0.1) is 21.5 Å². The Labute approximate surface area is 201 Å². The zero-order chi connectivity index (χ0) is 23.1. The zero-order valence-corrected chi connectivity index (χ0v) is 19.2. The number of rotatable bonds is 6. The topological polar surface area (TPSA) is 103 Å². The second kappa shape index (κ2) is 8.40. The van der Waals surface area contributed by atoms with Gasteiger partial charge in [0, 0.05) is 41.3 Å². The lowest BCUT2D eigenvalue weighted by molar-refractivity contribution is -0.384. The van der Waals surface area contributed by atoms with E-state index in [1.807, 2.05) is 53.2 Å². The van der Waals surface area contributed by atoms with Crippen LogP contribution in [-0.2, 0) is 6.42 Å². The summed E-state index contributed by atoms with van der Waals surface area (Å²) in [6.07, 6.45) is 2.63. The fourth-order valence-corrected chi connectivity index (χ4v) is 5.97. The summed E-state index contributed by atoms with van der Waals surface area (Å²) in [6, 6.07) is 22.9. The van der Waals surface area contributed by atoms with Crippen LogP contribution in [0.5, 0.6) is 0 Å². The van der Waals surface area contributed by atoms with Crippen LogP contribution in [0.25, 0.3) is 26.8 Å². The number of nitro groups is 1. The molecule has 0 fully saturated rings. The number of non-ortho nitro benzene ring substituents is 1. The molecule has 0 amide bonds. The Morgan fingerprint density at radius 3 is 2.71 bits per heavy atom.